The molecular weight excluding hydrogens is 434 g/mol. The molecule has 33 heavy (non-hydrogen) atoms. The van der Waals surface area contributed by atoms with Crippen LogP contribution >= 0.6 is 11.3 Å². The zero-order chi connectivity index (χ0) is 22.9. The van der Waals surface area contributed by atoms with E-state index in [0.717, 1.165) is 40.0 Å². The number of thiazole rings is 1. The van der Waals surface area contributed by atoms with Crippen LogP contribution in [0.25, 0.3) is 33.4 Å². The minimum atomic E-state index is -0.202. The Morgan fingerprint density at radius 3 is 2.70 bits per heavy atom. The number of aromatic nitrogens is 6. The van der Waals surface area contributed by atoms with Crippen molar-refractivity contribution < 1.29 is 4.79 Å². The van der Waals surface area contributed by atoms with Gasteiger partial charge < -0.3 is 5.32 Å². The monoisotopic (exact) mass is 457 g/mol. The number of amides is 1. The summed E-state index contributed by atoms with van der Waals surface area (Å²) >= 11 is 1.38. The van der Waals surface area contributed by atoms with Crippen LogP contribution in [0, 0.1) is 13.8 Å². The second-order valence-corrected chi connectivity index (χ2v) is 8.70. The van der Waals surface area contributed by atoms with Crippen LogP contribution in [-0.4, -0.2) is 35.4 Å². The van der Waals surface area contributed by atoms with Gasteiger partial charge in [-0.3, -0.25) is 9.48 Å². The average molecular weight is 458 g/mol. The summed E-state index contributed by atoms with van der Waals surface area (Å²) in [5.74, 6) is -0.202. The van der Waals surface area contributed by atoms with E-state index in [-0.39, 0.29) is 12.5 Å². The summed E-state index contributed by atoms with van der Waals surface area (Å²) in [6.07, 6.45) is 5.48. The summed E-state index contributed by atoms with van der Waals surface area (Å²) in [5, 5.41) is 15.2. The van der Waals surface area contributed by atoms with Crippen LogP contribution in [0.4, 0.5) is 5.13 Å². The van der Waals surface area contributed by atoms with Crippen LogP contribution in [-0.2, 0) is 17.9 Å². The zero-order valence-corrected chi connectivity index (χ0v) is 19.4. The molecule has 0 aliphatic rings. The third-order valence-corrected chi connectivity index (χ3v) is 6.23. The van der Waals surface area contributed by atoms with Crippen molar-refractivity contribution in [1.29, 1.82) is 0 Å². The number of rotatable bonds is 6. The molecule has 5 rings (SSSR count). The Labute approximate surface area is 194 Å². The first-order chi connectivity index (χ1) is 16.0. The lowest BCUT2D eigenvalue weighted by Gasteiger charge is -2.06. The Bertz CT molecular complexity index is 1450. The SMILES string of the molecule is CCn1cc(-c2csc(NC(=O)Cn3nc(C)c4c(-c5ccc(C)cc5)ccnc43)n2)cn1. The smallest absolute Gasteiger partial charge is 0.247 e. The molecule has 1 aromatic carbocycles. The molecule has 1 amide bonds. The van der Waals surface area contributed by atoms with Gasteiger partial charge >= 0.3 is 0 Å². The van der Waals surface area contributed by atoms with E-state index in [4.69, 9.17) is 0 Å². The summed E-state index contributed by atoms with van der Waals surface area (Å²) < 4.78 is 3.49. The number of nitrogens with zero attached hydrogens (tertiary/aromatic N) is 6. The number of fused-ring (bicyclic) bond motifs is 1. The first-order valence-corrected chi connectivity index (χ1v) is 11.6. The zero-order valence-electron chi connectivity index (χ0n) is 18.6. The van der Waals surface area contributed by atoms with E-state index in [9.17, 15) is 4.79 Å². The van der Waals surface area contributed by atoms with Crippen molar-refractivity contribution in [3.8, 4) is 22.4 Å². The number of pyridine rings is 1. The average Bonchev–Trinajstić information content (AvgIpc) is 3.54. The number of carbonyl (C=O) groups excluding carboxylic acids is 1. The normalized spacial score (nSPS) is 11.2. The molecule has 166 valence electrons. The summed E-state index contributed by atoms with van der Waals surface area (Å²) in [7, 11) is 0. The fourth-order valence-electron chi connectivity index (χ4n) is 3.79. The topological polar surface area (TPSA) is 90.5 Å². The van der Waals surface area contributed by atoms with Gasteiger partial charge in [-0.05, 0) is 38.0 Å². The van der Waals surface area contributed by atoms with Gasteiger partial charge in [0.25, 0.3) is 0 Å². The maximum absolute atomic E-state index is 12.8. The van der Waals surface area contributed by atoms with Gasteiger partial charge in [-0.1, -0.05) is 29.8 Å². The van der Waals surface area contributed by atoms with Crippen LogP contribution in [0.2, 0.25) is 0 Å². The summed E-state index contributed by atoms with van der Waals surface area (Å²) in [5.41, 5.74) is 6.61. The second kappa shape index (κ2) is 8.59. The molecule has 0 aliphatic heterocycles. The minimum Gasteiger partial charge on any atom is -0.300 e. The molecular formula is C24H23N7OS. The van der Waals surface area contributed by atoms with Crippen LogP contribution < -0.4 is 5.32 Å². The highest BCUT2D eigenvalue weighted by atomic mass is 32.1. The van der Waals surface area contributed by atoms with E-state index < -0.39 is 0 Å². The third kappa shape index (κ3) is 4.14. The molecule has 0 fully saturated rings. The maximum atomic E-state index is 12.8. The molecule has 0 atom stereocenters. The lowest BCUT2D eigenvalue weighted by molar-refractivity contribution is -0.116. The summed E-state index contributed by atoms with van der Waals surface area (Å²) in [6.45, 7) is 6.89. The van der Waals surface area contributed by atoms with E-state index >= 15 is 0 Å². The first kappa shape index (κ1) is 21.0. The number of hydrogen-bond acceptors (Lipinski definition) is 6. The number of carbonyl (C=O) groups is 1. The molecule has 0 aliphatic carbocycles. The van der Waals surface area contributed by atoms with Crippen molar-refractivity contribution >= 4 is 33.4 Å². The predicted octanol–water partition coefficient (Wildman–Crippen LogP) is 4.69. The fraction of sp³-hybridized carbons (Fsp3) is 0.208. The van der Waals surface area contributed by atoms with Gasteiger partial charge in [-0.2, -0.15) is 10.2 Å². The van der Waals surface area contributed by atoms with Gasteiger partial charge in [0.2, 0.25) is 5.91 Å². The van der Waals surface area contributed by atoms with E-state index in [2.05, 4.69) is 56.7 Å². The van der Waals surface area contributed by atoms with Gasteiger partial charge in [0.05, 0.1) is 17.6 Å². The highest BCUT2D eigenvalue weighted by Crippen LogP contribution is 2.30. The molecule has 0 saturated heterocycles. The van der Waals surface area contributed by atoms with Crippen molar-refractivity contribution in [2.45, 2.75) is 33.9 Å². The fourth-order valence-corrected chi connectivity index (χ4v) is 4.53. The van der Waals surface area contributed by atoms with Crippen molar-refractivity contribution in [2.75, 3.05) is 5.32 Å². The molecule has 0 radical (unpaired) electrons. The first-order valence-electron chi connectivity index (χ1n) is 10.7. The quantitative estimate of drug-likeness (QED) is 0.399. The summed E-state index contributed by atoms with van der Waals surface area (Å²) in [6, 6.07) is 10.4. The second-order valence-electron chi connectivity index (χ2n) is 7.84. The number of anilines is 1. The van der Waals surface area contributed by atoms with Crippen molar-refractivity contribution in [3.05, 3.63) is 65.6 Å². The highest BCUT2D eigenvalue weighted by molar-refractivity contribution is 7.14. The molecule has 9 heteroatoms. The standard InChI is InChI=1S/C24H23N7OS/c1-4-30-12-18(11-26-30)20-14-33-24(27-20)28-21(32)13-31-23-22(16(3)29-31)19(9-10-25-23)17-7-5-15(2)6-8-17/h5-12,14H,4,13H2,1-3H3,(H,27,28,32). The molecule has 5 aromatic rings. The molecule has 0 saturated carbocycles. The minimum absolute atomic E-state index is 0.0529. The van der Waals surface area contributed by atoms with Gasteiger partial charge in [-0.25, -0.2) is 14.6 Å². The van der Waals surface area contributed by atoms with E-state index in [1.807, 2.05) is 36.2 Å². The number of nitrogens with one attached hydrogen (secondary N) is 1. The molecule has 0 spiro atoms. The van der Waals surface area contributed by atoms with Gasteiger partial charge in [0.1, 0.15) is 6.54 Å². The van der Waals surface area contributed by atoms with Crippen molar-refractivity contribution in [1.82, 2.24) is 29.5 Å². The Kier molecular flexibility index (Phi) is 5.47. The molecule has 4 heterocycles. The van der Waals surface area contributed by atoms with Crippen molar-refractivity contribution in [3.63, 3.8) is 0 Å². The highest BCUT2D eigenvalue weighted by Gasteiger charge is 2.17. The van der Waals surface area contributed by atoms with E-state index in [1.165, 1.54) is 16.9 Å². The number of hydrogen-bond donors (Lipinski definition) is 1. The molecule has 8 nitrogen and oxygen atoms in total. The maximum Gasteiger partial charge on any atom is 0.247 e. The molecule has 1 N–H and O–H groups in total. The number of aryl methyl sites for hydroxylation is 3. The van der Waals surface area contributed by atoms with Crippen LogP contribution in [0.5, 0.6) is 0 Å². The van der Waals surface area contributed by atoms with Crippen LogP contribution in [0.1, 0.15) is 18.2 Å². The van der Waals surface area contributed by atoms with E-state index in [0.29, 0.717) is 10.8 Å². The molecule has 0 bridgehead atoms. The Hall–Kier alpha value is -3.85. The Balaban J connectivity index is 1.37. The Morgan fingerprint density at radius 1 is 1.12 bits per heavy atom. The summed E-state index contributed by atoms with van der Waals surface area (Å²) in [4.78, 5) is 21.8. The lowest BCUT2D eigenvalue weighted by atomic mass is 10.0. The van der Waals surface area contributed by atoms with Crippen LogP contribution in [0.3, 0.4) is 0 Å². The largest absolute Gasteiger partial charge is 0.300 e. The third-order valence-electron chi connectivity index (χ3n) is 5.47. The molecule has 0 unspecified atom stereocenters. The van der Waals surface area contributed by atoms with Gasteiger partial charge in [-0.15, -0.1) is 11.3 Å². The predicted molar refractivity (Wildman–Crippen MR) is 130 cm³/mol. The van der Waals surface area contributed by atoms with E-state index in [1.54, 1.807) is 17.1 Å². The van der Waals surface area contributed by atoms with Gasteiger partial charge in [0.15, 0.2) is 10.8 Å². The van der Waals surface area contributed by atoms with Gasteiger partial charge in [0, 0.05) is 35.3 Å². The van der Waals surface area contributed by atoms with Crippen LogP contribution in [0.15, 0.2) is 54.3 Å². The lowest BCUT2D eigenvalue weighted by Crippen LogP contribution is -2.19. The van der Waals surface area contributed by atoms with Crippen molar-refractivity contribution in [2.24, 2.45) is 0 Å². The molecule has 4 aromatic heterocycles. The number of benzene rings is 1. The Morgan fingerprint density at radius 2 is 1.94 bits per heavy atom.